The van der Waals surface area contributed by atoms with E-state index < -0.39 is 36.4 Å². The fraction of sp³-hybridized carbons (Fsp3) is 0.348. The van der Waals surface area contributed by atoms with Gasteiger partial charge in [0.25, 0.3) is 0 Å². The average molecular weight is 428 g/mol. The fourth-order valence-corrected chi connectivity index (χ4v) is 3.23. The van der Waals surface area contributed by atoms with Crippen molar-refractivity contribution >= 4 is 17.8 Å². The van der Waals surface area contributed by atoms with Crippen LogP contribution >= 0.6 is 0 Å². The van der Waals surface area contributed by atoms with Crippen LogP contribution in [0.25, 0.3) is 0 Å². The number of phenols is 1. The number of nitrogens with one attached hydrogen (secondary N) is 2. The Morgan fingerprint density at radius 2 is 1.68 bits per heavy atom. The molecule has 0 saturated heterocycles. The van der Waals surface area contributed by atoms with E-state index in [1.54, 1.807) is 42.5 Å². The number of amides is 1. The molecule has 166 valence electrons. The quantitative estimate of drug-likeness (QED) is 0.349. The molecule has 0 heterocycles. The van der Waals surface area contributed by atoms with Crippen LogP contribution in [0.1, 0.15) is 36.8 Å². The fourth-order valence-electron chi connectivity index (χ4n) is 3.23. The van der Waals surface area contributed by atoms with E-state index in [9.17, 15) is 24.6 Å². The molecule has 0 aromatic heterocycles. The van der Waals surface area contributed by atoms with Crippen molar-refractivity contribution in [3.63, 3.8) is 0 Å². The van der Waals surface area contributed by atoms with Gasteiger partial charge >= 0.3 is 11.9 Å². The molecule has 2 rings (SSSR count). The number of phenolic OH excluding ortho intramolecular Hbond substituents is 1. The number of rotatable bonds is 12. The molecular formula is C23H28N2O6. The summed E-state index contributed by atoms with van der Waals surface area (Å²) in [4.78, 5) is 35.5. The highest BCUT2D eigenvalue weighted by atomic mass is 16.4. The van der Waals surface area contributed by atoms with Crippen molar-refractivity contribution < 1.29 is 29.7 Å². The molecule has 0 aliphatic carbocycles. The topological polar surface area (TPSA) is 136 Å². The maximum atomic E-state index is 12.6. The van der Waals surface area contributed by atoms with Crippen molar-refractivity contribution in [1.29, 1.82) is 0 Å². The zero-order valence-corrected chi connectivity index (χ0v) is 17.3. The van der Waals surface area contributed by atoms with E-state index in [1.807, 2.05) is 19.1 Å². The molecular weight excluding hydrogens is 400 g/mol. The molecule has 0 bridgehead atoms. The molecule has 0 aliphatic rings. The Balaban J connectivity index is 1.96. The molecule has 2 aromatic carbocycles. The summed E-state index contributed by atoms with van der Waals surface area (Å²) in [7, 11) is 0. The van der Waals surface area contributed by atoms with Crippen LogP contribution < -0.4 is 10.6 Å². The first-order valence-corrected chi connectivity index (χ1v) is 10.1. The lowest BCUT2D eigenvalue weighted by Gasteiger charge is -2.21. The van der Waals surface area contributed by atoms with E-state index in [2.05, 4.69) is 10.6 Å². The minimum atomic E-state index is -1.19. The van der Waals surface area contributed by atoms with Gasteiger partial charge in [0.05, 0.1) is 12.5 Å². The minimum Gasteiger partial charge on any atom is -0.508 e. The predicted molar refractivity (Wildman–Crippen MR) is 115 cm³/mol. The third kappa shape index (κ3) is 8.10. The van der Waals surface area contributed by atoms with E-state index in [1.165, 1.54) is 0 Å². The van der Waals surface area contributed by atoms with Crippen LogP contribution in [0.3, 0.4) is 0 Å². The van der Waals surface area contributed by atoms with Gasteiger partial charge in [0.2, 0.25) is 5.91 Å². The molecule has 5 N–H and O–H groups in total. The van der Waals surface area contributed by atoms with Crippen molar-refractivity contribution in [3.05, 3.63) is 65.7 Å². The number of carboxylic acids is 2. The molecule has 31 heavy (non-hydrogen) atoms. The van der Waals surface area contributed by atoms with Crippen LogP contribution in [0.4, 0.5) is 0 Å². The number of aromatic hydroxyl groups is 1. The van der Waals surface area contributed by atoms with E-state index in [0.29, 0.717) is 13.0 Å². The van der Waals surface area contributed by atoms with Gasteiger partial charge in [-0.3, -0.25) is 9.59 Å². The largest absolute Gasteiger partial charge is 0.508 e. The molecule has 8 heteroatoms. The minimum absolute atomic E-state index is 0.0676. The number of carbonyl (C=O) groups is 3. The molecule has 1 amide bonds. The van der Waals surface area contributed by atoms with Gasteiger partial charge in [0, 0.05) is 6.42 Å². The molecule has 0 fully saturated rings. The smallest absolute Gasteiger partial charge is 0.326 e. The van der Waals surface area contributed by atoms with Crippen molar-refractivity contribution in [2.75, 3.05) is 6.54 Å². The molecule has 0 saturated carbocycles. The van der Waals surface area contributed by atoms with Crippen LogP contribution in [0.5, 0.6) is 5.75 Å². The normalized spacial score (nSPS) is 13.7. The summed E-state index contributed by atoms with van der Waals surface area (Å²) in [5.74, 6) is -2.79. The van der Waals surface area contributed by atoms with E-state index in [-0.39, 0.29) is 18.1 Å². The van der Waals surface area contributed by atoms with E-state index >= 15 is 0 Å². The second-order valence-corrected chi connectivity index (χ2v) is 7.48. The lowest BCUT2D eigenvalue weighted by Crippen LogP contribution is -2.51. The number of carbonyl (C=O) groups excluding carboxylic acids is 1. The summed E-state index contributed by atoms with van der Waals surface area (Å²) in [5, 5.41) is 33.6. The van der Waals surface area contributed by atoms with Gasteiger partial charge in [-0.2, -0.15) is 0 Å². The van der Waals surface area contributed by atoms with Gasteiger partial charge in [0.1, 0.15) is 11.8 Å². The number of benzene rings is 2. The third-order valence-electron chi connectivity index (χ3n) is 5.00. The van der Waals surface area contributed by atoms with Crippen LogP contribution in [-0.4, -0.2) is 51.8 Å². The third-order valence-corrected chi connectivity index (χ3v) is 5.00. The predicted octanol–water partition coefficient (Wildman–Crippen LogP) is 2.13. The van der Waals surface area contributed by atoms with Gasteiger partial charge in [-0.15, -0.1) is 0 Å². The van der Waals surface area contributed by atoms with Gasteiger partial charge in [-0.1, -0.05) is 49.4 Å². The second kappa shape index (κ2) is 11.7. The first kappa shape index (κ1) is 23.9. The monoisotopic (exact) mass is 428 g/mol. The van der Waals surface area contributed by atoms with Crippen LogP contribution in [0, 0.1) is 0 Å². The Labute approximate surface area is 180 Å². The summed E-state index contributed by atoms with van der Waals surface area (Å²) in [5.41, 5.74) is 1.67. The highest BCUT2D eigenvalue weighted by molar-refractivity contribution is 5.89. The Morgan fingerprint density at radius 3 is 2.29 bits per heavy atom. The van der Waals surface area contributed by atoms with E-state index in [4.69, 9.17) is 5.11 Å². The van der Waals surface area contributed by atoms with Gasteiger partial charge in [-0.05, 0) is 42.1 Å². The molecule has 0 radical (unpaired) electrons. The first-order valence-electron chi connectivity index (χ1n) is 10.1. The lowest BCUT2D eigenvalue weighted by molar-refractivity contribution is -0.143. The van der Waals surface area contributed by atoms with Gasteiger partial charge in [0.15, 0.2) is 0 Å². The Morgan fingerprint density at radius 1 is 0.968 bits per heavy atom. The Kier molecular flexibility index (Phi) is 9.02. The summed E-state index contributed by atoms with van der Waals surface area (Å²) < 4.78 is 0. The van der Waals surface area contributed by atoms with Crippen molar-refractivity contribution in [1.82, 2.24) is 10.6 Å². The highest BCUT2D eigenvalue weighted by Gasteiger charge is 2.27. The van der Waals surface area contributed by atoms with Crippen molar-refractivity contribution in [2.24, 2.45) is 0 Å². The SMILES string of the molecule is C[C@@H](CCN[C@@H](CC(=O)O)C(=O)N[C@@H](Cc1ccccc1)C(=O)O)c1cccc(O)c1. The number of hydrogen-bond acceptors (Lipinski definition) is 5. The Hall–Kier alpha value is -3.39. The Bertz CT molecular complexity index is 887. The maximum Gasteiger partial charge on any atom is 0.326 e. The summed E-state index contributed by atoms with van der Waals surface area (Å²) in [6.45, 7) is 2.31. The van der Waals surface area contributed by atoms with Crippen LogP contribution in [-0.2, 0) is 20.8 Å². The molecule has 0 aliphatic heterocycles. The standard InChI is InChI=1S/C23H28N2O6/c1-15(17-8-5-9-18(26)13-17)10-11-24-19(14-21(27)28)22(29)25-20(23(30)31)12-16-6-3-2-4-7-16/h2-9,13,15,19-20,24,26H,10-12,14H2,1H3,(H,25,29)(H,27,28)(H,30,31)/t15-,19-,20-/m0/s1. The van der Waals surface area contributed by atoms with Crippen molar-refractivity contribution in [2.45, 2.75) is 44.2 Å². The molecule has 0 spiro atoms. The molecule has 2 aromatic rings. The second-order valence-electron chi connectivity index (χ2n) is 7.48. The van der Waals surface area contributed by atoms with E-state index in [0.717, 1.165) is 11.1 Å². The number of hydrogen-bond donors (Lipinski definition) is 5. The number of carboxylic acid groups (broad SMARTS) is 2. The zero-order valence-electron chi connectivity index (χ0n) is 17.3. The summed E-state index contributed by atoms with van der Waals surface area (Å²) in [6, 6.07) is 13.5. The lowest BCUT2D eigenvalue weighted by atomic mass is 9.97. The molecule has 0 unspecified atom stereocenters. The summed E-state index contributed by atoms with van der Waals surface area (Å²) >= 11 is 0. The number of aliphatic carboxylic acids is 2. The van der Waals surface area contributed by atoms with Gasteiger partial charge in [-0.25, -0.2) is 4.79 Å². The first-order chi connectivity index (χ1) is 14.8. The average Bonchev–Trinajstić information content (AvgIpc) is 2.72. The van der Waals surface area contributed by atoms with Crippen LogP contribution in [0.15, 0.2) is 54.6 Å². The zero-order chi connectivity index (χ0) is 22.8. The summed E-state index contributed by atoms with van der Waals surface area (Å²) in [6.07, 6.45) is 0.222. The van der Waals surface area contributed by atoms with Gasteiger partial charge < -0.3 is 26.0 Å². The molecule has 3 atom stereocenters. The van der Waals surface area contributed by atoms with Crippen LogP contribution in [0.2, 0.25) is 0 Å². The maximum absolute atomic E-state index is 12.6. The highest BCUT2D eigenvalue weighted by Crippen LogP contribution is 2.22. The molecule has 8 nitrogen and oxygen atoms in total. The van der Waals surface area contributed by atoms with Crippen molar-refractivity contribution in [3.8, 4) is 5.75 Å².